The number of hydrogen-bond donors (Lipinski definition) is 2. The van der Waals surface area contributed by atoms with Gasteiger partial charge >= 0.3 is 12.0 Å². The van der Waals surface area contributed by atoms with Crippen molar-refractivity contribution in [1.29, 1.82) is 0 Å². The number of ether oxygens (including phenoxy) is 1. The number of nitrogens with one attached hydrogen (secondary N) is 2. The van der Waals surface area contributed by atoms with Crippen LogP contribution in [-0.4, -0.2) is 36.0 Å². The molecular formula is C20H23N3O4. The fourth-order valence-corrected chi connectivity index (χ4v) is 3.34. The van der Waals surface area contributed by atoms with Gasteiger partial charge in [-0.3, -0.25) is 15.1 Å². The third-order valence-corrected chi connectivity index (χ3v) is 4.83. The van der Waals surface area contributed by atoms with E-state index in [1.54, 1.807) is 0 Å². The van der Waals surface area contributed by atoms with Crippen LogP contribution in [-0.2, 0) is 22.4 Å². The first kappa shape index (κ1) is 18.8. The minimum absolute atomic E-state index is 0.445. The molecule has 1 aliphatic rings. The molecule has 2 N–H and O–H groups in total. The molecule has 0 radical (unpaired) electrons. The van der Waals surface area contributed by atoms with Crippen LogP contribution in [0.3, 0.4) is 0 Å². The molecular weight excluding hydrogens is 346 g/mol. The highest BCUT2D eigenvalue weighted by Crippen LogP contribution is 2.32. The van der Waals surface area contributed by atoms with Gasteiger partial charge in [0.2, 0.25) is 0 Å². The van der Waals surface area contributed by atoms with E-state index in [4.69, 9.17) is 9.72 Å². The monoisotopic (exact) mass is 369 g/mol. The molecule has 1 heterocycles. The summed E-state index contributed by atoms with van der Waals surface area (Å²) in [6, 6.07) is 6.78. The molecule has 0 aliphatic heterocycles. The topological polar surface area (TPSA) is 97.4 Å². The second-order valence-electron chi connectivity index (χ2n) is 6.89. The van der Waals surface area contributed by atoms with Gasteiger partial charge in [0.25, 0.3) is 5.91 Å². The third kappa shape index (κ3) is 3.92. The van der Waals surface area contributed by atoms with E-state index in [2.05, 4.69) is 17.6 Å². The van der Waals surface area contributed by atoms with Crippen LogP contribution in [0.2, 0.25) is 0 Å². The summed E-state index contributed by atoms with van der Waals surface area (Å²) in [5, 5.41) is 5.12. The minimum Gasteiger partial charge on any atom is -0.449 e. The number of hydrogen-bond acceptors (Lipinski definition) is 5. The number of aromatic nitrogens is 1. The van der Waals surface area contributed by atoms with Crippen LogP contribution >= 0.6 is 0 Å². The van der Waals surface area contributed by atoms with Crippen molar-refractivity contribution in [1.82, 2.24) is 15.6 Å². The summed E-state index contributed by atoms with van der Waals surface area (Å²) < 4.78 is 5.39. The highest BCUT2D eigenvalue weighted by Gasteiger charge is 2.28. The lowest BCUT2D eigenvalue weighted by Gasteiger charge is -2.24. The van der Waals surface area contributed by atoms with E-state index in [0.717, 1.165) is 36.0 Å². The Labute approximate surface area is 157 Å². The molecule has 27 heavy (non-hydrogen) atoms. The summed E-state index contributed by atoms with van der Waals surface area (Å²) >= 11 is 0. The normalized spacial score (nSPS) is 16.9. The molecule has 0 saturated carbocycles. The van der Waals surface area contributed by atoms with Crippen LogP contribution in [0.4, 0.5) is 4.79 Å². The number of para-hydroxylation sites is 1. The maximum Gasteiger partial charge on any atom is 0.339 e. The van der Waals surface area contributed by atoms with E-state index in [-0.39, 0.29) is 0 Å². The Bertz CT molecular complexity index is 909. The second-order valence-corrected chi connectivity index (χ2v) is 6.89. The van der Waals surface area contributed by atoms with Crippen LogP contribution in [0.15, 0.2) is 24.3 Å². The van der Waals surface area contributed by atoms with E-state index in [1.807, 2.05) is 24.3 Å². The molecule has 3 amide bonds. The first-order valence-corrected chi connectivity index (χ1v) is 9.04. The number of fused-ring (bicyclic) bond motifs is 2. The molecule has 0 saturated heterocycles. The summed E-state index contributed by atoms with van der Waals surface area (Å²) in [6.45, 7) is 3.58. The highest BCUT2D eigenvalue weighted by atomic mass is 16.5. The molecule has 1 aromatic carbocycles. The number of carbonyl (C=O) groups is 3. The lowest BCUT2D eigenvalue weighted by atomic mass is 9.84. The van der Waals surface area contributed by atoms with E-state index < -0.39 is 24.0 Å². The number of carbonyl (C=O) groups excluding carboxylic acids is 3. The van der Waals surface area contributed by atoms with Gasteiger partial charge in [0.1, 0.15) is 0 Å². The van der Waals surface area contributed by atoms with E-state index in [9.17, 15) is 14.4 Å². The Morgan fingerprint density at radius 2 is 2.00 bits per heavy atom. The molecule has 3 rings (SSSR count). The first-order valence-electron chi connectivity index (χ1n) is 9.04. The molecule has 0 fully saturated rings. The predicted octanol–water partition coefficient (Wildman–Crippen LogP) is 2.36. The van der Waals surface area contributed by atoms with Crippen LogP contribution in [0, 0.1) is 5.92 Å². The zero-order valence-electron chi connectivity index (χ0n) is 15.7. The molecule has 0 unspecified atom stereocenters. The van der Waals surface area contributed by atoms with E-state index in [0.29, 0.717) is 16.9 Å². The Kier molecular flexibility index (Phi) is 5.39. The van der Waals surface area contributed by atoms with Gasteiger partial charge in [-0.25, -0.2) is 9.59 Å². The zero-order chi connectivity index (χ0) is 19.6. The summed E-state index contributed by atoms with van der Waals surface area (Å²) in [7, 11) is 1.40. The fraction of sp³-hybridized carbons (Fsp3) is 0.400. The third-order valence-electron chi connectivity index (χ3n) is 4.83. The Morgan fingerprint density at radius 1 is 1.26 bits per heavy atom. The molecule has 0 bridgehead atoms. The molecule has 2 aromatic rings. The summed E-state index contributed by atoms with van der Waals surface area (Å²) in [6.07, 6.45) is 1.49. The van der Waals surface area contributed by atoms with Gasteiger partial charge < -0.3 is 10.1 Å². The SMILES string of the molecule is CNC(=O)NC(=O)[C@H](C)OC(=O)c1c2c(nc3ccccc13)CC[C@H](C)C2. The number of urea groups is 1. The summed E-state index contributed by atoms with van der Waals surface area (Å²) in [5.41, 5.74) is 3.03. The number of nitrogens with zero attached hydrogens (tertiary/aromatic N) is 1. The van der Waals surface area contributed by atoms with Crippen molar-refractivity contribution < 1.29 is 19.1 Å². The van der Waals surface area contributed by atoms with Crippen LogP contribution in [0.25, 0.3) is 10.9 Å². The lowest BCUT2D eigenvalue weighted by Crippen LogP contribution is -2.43. The van der Waals surface area contributed by atoms with Gasteiger partial charge in [-0.1, -0.05) is 25.1 Å². The minimum atomic E-state index is -1.10. The lowest BCUT2D eigenvalue weighted by molar-refractivity contribution is -0.127. The number of amides is 3. The first-order chi connectivity index (χ1) is 12.9. The van der Waals surface area contributed by atoms with Crippen molar-refractivity contribution in [3.63, 3.8) is 0 Å². The molecule has 0 spiro atoms. The van der Waals surface area contributed by atoms with Crippen molar-refractivity contribution in [2.45, 2.75) is 39.2 Å². The maximum atomic E-state index is 13.0. The molecule has 2 atom stereocenters. The van der Waals surface area contributed by atoms with Crippen molar-refractivity contribution in [3.05, 3.63) is 41.1 Å². The van der Waals surface area contributed by atoms with E-state index >= 15 is 0 Å². The average Bonchev–Trinajstić information content (AvgIpc) is 2.65. The molecule has 1 aromatic heterocycles. The molecule has 1 aliphatic carbocycles. The number of benzene rings is 1. The van der Waals surface area contributed by atoms with Crippen LogP contribution in [0.5, 0.6) is 0 Å². The average molecular weight is 369 g/mol. The second kappa shape index (κ2) is 7.73. The van der Waals surface area contributed by atoms with Crippen LogP contribution in [0.1, 0.15) is 41.9 Å². The molecule has 142 valence electrons. The number of imide groups is 1. The quantitative estimate of drug-likeness (QED) is 0.810. The summed E-state index contributed by atoms with van der Waals surface area (Å²) in [5.74, 6) is -0.803. The summed E-state index contributed by atoms with van der Waals surface area (Å²) in [4.78, 5) is 41.0. The van der Waals surface area contributed by atoms with Crippen molar-refractivity contribution >= 4 is 28.8 Å². The predicted molar refractivity (Wildman–Crippen MR) is 100 cm³/mol. The van der Waals surface area contributed by atoms with Gasteiger partial charge in [0.15, 0.2) is 6.10 Å². The smallest absolute Gasteiger partial charge is 0.339 e. The van der Waals surface area contributed by atoms with Crippen LogP contribution < -0.4 is 10.6 Å². The van der Waals surface area contributed by atoms with Gasteiger partial charge in [-0.15, -0.1) is 0 Å². The number of pyridine rings is 1. The van der Waals surface area contributed by atoms with Crippen molar-refractivity contribution in [2.75, 3.05) is 7.05 Å². The van der Waals surface area contributed by atoms with Gasteiger partial charge in [-0.2, -0.15) is 0 Å². The highest BCUT2D eigenvalue weighted by molar-refractivity contribution is 6.06. The number of rotatable bonds is 3. The Morgan fingerprint density at radius 3 is 2.74 bits per heavy atom. The molecule has 7 heteroatoms. The number of esters is 1. The van der Waals surface area contributed by atoms with Gasteiger partial charge in [0, 0.05) is 18.1 Å². The maximum absolute atomic E-state index is 13.0. The van der Waals surface area contributed by atoms with E-state index in [1.165, 1.54) is 14.0 Å². The molecule has 7 nitrogen and oxygen atoms in total. The van der Waals surface area contributed by atoms with Crippen molar-refractivity contribution in [2.24, 2.45) is 5.92 Å². The Balaban J connectivity index is 1.95. The largest absolute Gasteiger partial charge is 0.449 e. The Hall–Kier alpha value is -2.96. The van der Waals surface area contributed by atoms with Gasteiger partial charge in [0.05, 0.1) is 11.1 Å². The van der Waals surface area contributed by atoms with Crippen molar-refractivity contribution in [3.8, 4) is 0 Å². The standard InChI is InChI=1S/C20H23N3O4/c1-11-8-9-16-14(10-11)17(13-6-4-5-7-15(13)22-16)19(25)27-12(2)18(24)23-20(26)21-3/h4-7,11-12H,8-10H2,1-3H3,(H2,21,23,24,26)/t11-,12-/m0/s1. The number of aryl methyl sites for hydroxylation is 1. The van der Waals surface area contributed by atoms with Gasteiger partial charge in [-0.05, 0) is 43.7 Å². The zero-order valence-corrected chi connectivity index (χ0v) is 15.7. The fourth-order valence-electron chi connectivity index (χ4n) is 3.34.